The maximum absolute atomic E-state index is 12.6. The van der Waals surface area contributed by atoms with Crippen LogP contribution in [0.1, 0.15) is 20.8 Å². The molecule has 19 heavy (non-hydrogen) atoms. The number of carbonyl (C=O) groups is 2. The molecule has 0 unspecified atom stereocenters. The molecule has 1 aliphatic rings. The van der Waals surface area contributed by atoms with Crippen LogP contribution in [0.2, 0.25) is 0 Å². The van der Waals surface area contributed by atoms with Crippen molar-refractivity contribution in [3.63, 3.8) is 0 Å². The lowest BCUT2D eigenvalue weighted by Gasteiger charge is -2.35. The molecule has 1 amide bonds. The summed E-state index contributed by atoms with van der Waals surface area (Å²) in [5.41, 5.74) is -0.760. The fourth-order valence-corrected chi connectivity index (χ4v) is 1.89. The first-order chi connectivity index (χ1) is 8.50. The minimum atomic E-state index is -5.07. The monoisotopic (exact) mass is 283 g/mol. The third-order valence-electron chi connectivity index (χ3n) is 2.69. The maximum atomic E-state index is 12.6. The Balaban J connectivity index is 3.12. The standard InChI is InChI=1S/C11H16F3NO4/c1-10(2,3)9-15(8(17)11(12,13)14)6(5-19-9)7(16)18-4/h6,9H,5H2,1-4H3/t6-,9-/m0/s1. The Morgan fingerprint density at radius 2 is 1.79 bits per heavy atom. The lowest BCUT2D eigenvalue weighted by molar-refractivity contribution is -0.197. The lowest BCUT2D eigenvalue weighted by Crippen LogP contribution is -2.54. The van der Waals surface area contributed by atoms with Crippen LogP contribution in [-0.2, 0) is 19.1 Å². The molecule has 0 radical (unpaired) electrons. The Kier molecular flexibility index (Phi) is 4.14. The molecule has 1 rings (SSSR count). The summed E-state index contributed by atoms with van der Waals surface area (Å²) in [6.07, 6.45) is -6.20. The molecule has 0 saturated carbocycles. The first kappa shape index (κ1) is 15.7. The van der Waals surface area contributed by atoms with Gasteiger partial charge in [-0.25, -0.2) is 4.79 Å². The number of halogens is 3. The van der Waals surface area contributed by atoms with Crippen LogP contribution in [0.25, 0.3) is 0 Å². The maximum Gasteiger partial charge on any atom is 0.471 e. The van der Waals surface area contributed by atoms with Gasteiger partial charge in [-0.2, -0.15) is 13.2 Å². The molecule has 1 saturated heterocycles. The summed E-state index contributed by atoms with van der Waals surface area (Å²) in [6.45, 7) is 4.55. The van der Waals surface area contributed by atoms with E-state index in [9.17, 15) is 22.8 Å². The minimum absolute atomic E-state index is 0.309. The highest BCUT2D eigenvalue weighted by molar-refractivity contribution is 5.88. The van der Waals surface area contributed by atoms with Gasteiger partial charge in [-0.1, -0.05) is 20.8 Å². The average molecular weight is 283 g/mol. The van der Waals surface area contributed by atoms with Crippen molar-refractivity contribution in [2.45, 2.75) is 39.2 Å². The van der Waals surface area contributed by atoms with Crippen molar-refractivity contribution < 1.29 is 32.2 Å². The Morgan fingerprint density at radius 1 is 1.26 bits per heavy atom. The number of amides is 1. The van der Waals surface area contributed by atoms with Crippen LogP contribution in [0.15, 0.2) is 0 Å². The van der Waals surface area contributed by atoms with E-state index >= 15 is 0 Å². The van der Waals surface area contributed by atoms with Crippen molar-refractivity contribution in [3.8, 4) is 0 Å². The fourth-order valence-electron chi connectivity index (χ4n) is 1.89. The van der Waals surface area contributed by atoms with Gasteiger partial charge in [0.25, 0.3) is 0 Å². The smallest absolute Gasteiger partial charge is 0.467 e. The van der Waals surface area contributed by atoms with E-state index in [0.717, 1.165) is 7.11 Å². The van der Waals surface area contributed by atoms with E-state index in [0.29, 0.717) is 4.90 Å². The largest absolute Gasteiger partial charge is 0.471 e. The molecule has 5 nitrogen and oxygen atoms in total. The van der Waals surface area contributed by atoms with E-state index in [1.165, 1.54) is 0 Å². The first-order valence-electron chi connectivity index (χ1n) is 5.59. The average Bonchev–Trinajstić information content (AvgIpc) is 2.69. The van der Waals surface area contributed by atoms with E-state index < -0.39 is 35.7 Å². The van der Waals surface area contributed by atoms with Crippen molar-refractivity contribution in [1.29, 1.82) is 0 Å². The van der Waals surface area contributed by atoms with Crippen LogP contribution in [0.3, 0.4) is 0 Å². The highest BCUT2D eigenvalue weighted by Gasteiger charge is 2.54. The topological polar surface area (TPSA) is 55.8 Å². The molecular formula is C11H16F3NO4. The molecule has 0 aromatic rings. The zero-order valence-electron chi connectivity index (χ0n) is 11.1. The molecule has 1 aliphatic heterocycles. The van der Waals surface area contributed by atoms with Gasteiger partial charge in [-0.3, -0.25) is 9.69 Å². The van der Waals surface area contributed by atoms with E-state index in [2.05, 4.69) is 4.74 Å². The number of nitrogens with zero attached hydrogens (tertiary/aromatic N) is 1. The molecule has 8 heteroatoms. The summed E-state index contributed by atoms with van der Waals surface area (Å²) in [5.74, 6) is -3.02. The zero-order valence-corrected chi connectivity index (χ0v) is 11.1. The predicted octanol–water partition coefficient (Wildman–Crippen LogP) is 1.32. The number of alkyl halides is 3. The molecular weight excluding hydrogens is 267 g/mol. The molecule has 1 heterocycles. The molecule has 0 aromatic heterocycles. The Bertz CT molecular complexity index is 375. The minimum Gasteiger partial charge on any atom is -0.467 e. The van der Waals surface area contributed by atoms with Crippen LogP contribution < -0.4 is 0 Å². The van der Waals surface area contributed by atoms with Crippen molar-refractivity contribution in [2.75, 3.05) is 13.7 Å². The van der Waals surface area contributed by atoms with Crippen LogP contribution >= 0.6 is 0 Å². The Morgan fingerprint density at radius 3 is 2.16 bits per heavy atom. The number of hydrogen-bond acceptors (Lipinski definition) is 4. The van der Waals surface area contributed by atoms with E-state index in [1.54, 1.807) is 20.8 Å². The van der Waals surface area contributed by atoms with Gasteiger partial charge in [0.15, 0.2) is 6.04 Å². The van der Waals surface area contributed by atoms with Crippen LogP contribution in [0.4, 0.5) is 13.2 Å². The highest BCUT2D eigenvalue weighted by Crippen LogP contribution is 2.35. The van der Waals surface area contributed by atoms with Crippen molar-refractivity contribution in [1.82, 2.24) is 4.90 Å². The molecule has 0 N–H and O–H groups in total. The van der Waals surface area contributed by atoms with Gasteiger partial charge >= 0.3 is 18.1 Å². The number of rotatable bonds is 1. The summed E-state index contributed by atoms with van der Waals surface area (Å²) in [5, 5.41) is 0. The van der Waals surface area contributed by atoms with Crippen LogP contribution in [-0.4, -0.2) is 48.9 Å². The first-order valence-corrected chi connectivity index (χ1v) is 5.59. The SMILES string of the molecule is COC(=O)[C@@H]1CO[C@@H](C(C)(C)C)N1C(=O)C(F)(F)F. The van der Waals surface area contributed by atoms with Crippen molar-refractivity contribution in [2.24, 2.45) is 5.41 Å². The molecule has 110 valence electrons. The zero-order chi connectivity index (χ0) is 15.0. The number of ether oxygens (including phenoxy) is 2. The normalized spacial score (nSPS) is 24.5. The number of hydrogen-bond donors (Lipinski definition) is 0. The highest BCUT2D eigenvalue weighted by atomic mass is 19.4. The van der Waals surface area contributed by atoms with Gasteiger partial charge < -0.3 is 9.47 Å². The van der Waals surface area contributed by atoms with Gasteiger partial charge in [0.1, 0.15) is 6.23 Å². The molecule has 1 fully saturated rings. The van der Waals surface area contributed by atoms with Crippen LogP contribution in [0.5, 0.6) is 0 Å². The number of carbonyl (C=O) groups excluding carboxylic acids is 2. The second-order valence-electron chi connectivity index (χ2n) is 5.30. The van der Waals surface area contributed by atoms with E-state index in [1.807, 2.05) is 0 Å². The molecule has 0 aromatic carbocycles. The number of methoxy groups -OCH3 is 1. The van der Waals surface area contributed by atoms with Gasteiger partial charge in [-0.05, 0) is 0 Å². The van der Waals surface area contributed by atoms with E-state index in [-0.39, 0.29) is 6.61 Å². The third kappa shape index (κ3) is 3.17. The Labute approximate surface area is 108 Å². The summed E-state index contributed by atoms with van der Waals surface area (Å²) in [7, 11) is 1.04. The fraction of sp³-hybridized carbons (Fsp3) is 0.818. The third-order valence-corrected chi connectivity index (χ3v) is 2.69. The number of esters is 1. The lowest BCUT2D eigenvalue weighted by atomic mass is 9.93. The summed E-state index contributed by atoms with van der Waals surface area (Å²) >= 11 is 0. The van der Waals surface area contributed by atoms with E-state index in [4.69, 9.17) is 4.74 Å². The molecule has 0 bridgehead atoms. The van der Waals surface area contributed by atoms with Gasteiger partial charge in [-0.15, -0.1) is 0 Å². The summed E-state index contributed by atoms with van der Waals surface area (Å²) in [4.78, 5) is 23.4. The molecule has 2 atom stereocenters. The van der Waals surface area contributed by atoms with Crippen molar-refractivity contribution in [3.05, 3.63) is 0 Å². The van der Waals surface area contributed by atoms with Gasteiger partial charge in [0, 0.05) is 5.41 Å². The van der Waals surface area contributed by atoms with Crippen LogP contribution in [0, 0.1) is 5.41 Å². The van der Waals surface area contributed by atoms with Crippen molar-refractivity contribution >= 4 is 11.9 Å². The summed E-state index contributed by atoms with van der Waals surface area (Å²) < 4.78 is 47.4. The molecule has 0 aliphatic carbocycles. The Hall–Kier alpha value is -1.31. The second kappa shape index (κ2) is 4.99. The molecule has 0 spiro atoms. The van der Waals surface area contributed by atoms with Gasteiger partial charge in [0.05, 0.1) is 13.7 Å². The predicted molar refractivity (Wildman–Crippen MR) is 57.9 cm³/mol. The summed E-state index contributed by atoms with van der Waals surface area (Å²) in [6, 6.07) is -1.37. The quantitative estimate of drug-likeness (QED) is 0.681. The second-order valence-corrected chi connectivity index (χ2v) is 5.30. The van der Waals surface area contributed by atoms with Gasteiger partial charge in [0.2, 0.25) is 0 Å².